The van der Waals surface area contributed by atoms with Gasteiger partial charge < -0.3 is 10.1 Å². The predicted molar refractivity (Wildman–Crippen MR) is 116 cm³/mol. The maximum atomic E-state index is 9.93. The topological polar surface area (TPSA) is 48.9 Å². The van der Waals surface area contributed by atoms with Crippen molar-refractivity contribution in [2.24, 2.45) is 0 Å². The molecule has 27 heavy (non-hydrogen) atoms. The van der Waals surface area contributed by atoms with Crippen LogP contribution in [0.5, 0.6) is 0 Å². The second-order valence-corrected chi connectivity index (χ2v) is 7.72. The Hall–Kier alpha value is -1.61. The van der Waals surface area contributed by atoms with E-state index in [1.54, 1.807) is 0 Å². The Morgan fingerprint density at radius 2 is 1.74 bits per heavy atom. The molecule has 0 radical (unpaired) electrons. The lowest BCUT2D eigenvalue weighted by Crippen LogP contribution is -2.04. The molecule has 2 rings (SSSR count). The largest absolute Gasteiger partial charge is 0.393 e. The van der Waals surface area contributed by atoms with Crippen molar-refractivity contribution in [3.63, 3.8) is 0 Å². The highest BCUT2D eigenvalue weighted by Gasteiger charge is 2.02. The van der Waals surface area contributed by atoms with Gasteiger partial charge in [0.25, 0.3) is 0 Å². The van der Waals surface area contributed by atoms with Crippen LogP contribution in [0.25, 0.3) is 11.0 Å². The number of nitrogens with one attached hydrogen (secondary N) is 1. The quantitative estimate of drug-likeness (QED) is 0.270. The van der Waals surface area contributed by atoms with Gasteiger partial charge in [-0.2, -0.15) is 0 Å². The number of aromatic amines is 1. The van der Waals surface area contributed by atoms with Crippen LogP contribution in [-0.2, 0) is 6.42 Å². The number of benzene rings is 1. The number of aryl methyl sites for hydroxylation is 1. The van der Waals surface area contributed by atoms with Crippen LogP contribution in [0.1, 0.15) is 89.8 Å². The number of rotatable bonds is 15. The van der Waals surface area contributed by atoms with Gasteiger partial charge in [-0.3, -0.25) is 0 Å². The fourth-order valence-corrected chi connectivity index (χ4v) is 3.50. The first-order chi connectivity index (χ1) is 13.3. The molecular weight excluding hydrogens is 332 g/mol. The monoisotopic (exact) mass is 370 g/mol. The molecule has 3 heteroatoms. The molecule has 3 nitrogen and oxygen atoms in total. The highest BCUT2D eigenvalue weighted by atomic mass is 16.3. The molecule has 0 aliphatic carbocycles. The van der Waals surface area contributed by atoms with Crippen LogP contribution in [0, 0.1) is 0 Å². The van der Waals surface area contributed by atoms with E-state index in [0.717, 1.165) is 49.0 Å². The number of fused-ring (bicyclic) bond motifs is 1. The fraction of sp³-hybridized carbons (Fsp3) is 0.625. The Labute approximate surface area is 165 Å². The highest BCUT2D eigenvalue weighted by molar-refractivity contribution is 5.74. The van der Waals surface area contributed by atoms with Gasteiger partial charge in [0.15, 0.2) is 0 Å². The number of hydrogen-bond donors (Lipinski definition) is 2. The summed E-state index contributed by atoms with van der Waals surface area (Å²) in [5.74, 6) is 1.12. The molecule has 0 aliphatic heterocycles. The normalized spacial score (nSPS) is 13.0. The molecule has 0 fully saturated rings. The number of aliphatic hydroxyl groups is 1. The molecule has 1 aromatic heterocycles. The van der Waals surface area contributed by atoms with Gasteiger partial charge in [-0.15, -0.1) is 0 Å². The van der Waals surface area contributed by atoms with E-state index in [1.807, 2.05) is 12.1 Å². The van der Waals surface area contributed by atoms with Crippen LogP contribution in [0.4, 0.5) is 0 Å². The summed E-state index contributed by atoms with van der Waals surface area (Å²) in [5.41, 5.74) is 2.22. The minimum absolute atomic E-state index is 0.142. The molecule has 0 spiro atoms. The summed E-state index contributed by atoms with van der Waals surface area (Å²) in [6.07, 6.45) is 19.6. The first kappa shape index (κ1) is 21.7. The average molecular weight is 371 g/mol. The van der Waals surface area contributed by atoms with Gasteiger partial charge >= 0.3 is 0 Å². The summed E-state index contributed by atoms with van der Waals surface area (Å²) < 4.78 is 0. The lowest BCUT2D eigenvalue weighted by atomic mass is 10.1. The van der Waals surface area contributed by atoms with Gasteiger partial charge in [0.05, 0.1) is 17.1 Å². The van der Waals surface area contributed by atoms with E-state index in [9.17, 15) is 5.11 Å². The Kier molecular flexibility index (Phi) is 10.9. The van der Waals surface area contributed by atoms with Crippen molar-refractivity contribution in [2.45, 2.75) is 96.5 Å². The molecule has 0 bridgehead atoms. The van der Waals surface area contributed by atoms with Crippen molar-refractivity contribution in [1.82, 2.24) is 9.97 Å². The van der Waals surface area contributed by atoms with Crippen molar-refractivity contribution in [2.75, 3.05) is 0 Å². The van der Waals surface area contributed by atoms with E-state index in [2.05, 4.69) is 41.2 Å². The van der Waals surface area contributed by atoms with Gasteiger partial charge in [-0.05, 0) is 44.2 Å². The zero-order chi connectivity index (χ0) is 19.2. The molecule has 0 saturated carbocycles. The number of aliphatic hydroxyl groups excluding tert-OH is 1. The van der Waals surface area contributed by atoms with Crippen molar-refractivity contribution in [3.8, 4) is 0 Å². The number of H-pyrrole nitrogens is 1. The van der Waals surface area contributed by atoms with Crippen LogP contribution >= 0.6 is 0 Å². The molecule has 0 saturated heterocycles. The Morgan fingerprint density at radius 3 is 2.59 bits per heavy atom. The lowest BCUT2D eigenvalue weighted by Gasteiger charge is -2.07. The van der Waals surface area contributed by atoms with Gasteiger partial charge in [-0.1, -0.05) is 76.2 Å². The third-order valence-corrected chi connectivity index (χ3v) is 5.19. The second kappa shape index (κ2) is 13.5. The number of hydrogen-bond acceptors (Lipinski definition) is 2. The first-order valence-electron chi connectivity index (χ1n) is 11.1. The van der Waals surface area contributed by atoms with Crippen LogP contribution in [-0.4, -0.2) is 21.2 Å². The molecule has 150 valence electrons. The predicted octanol–water partition coefficient (Wildman–Crippen LogP) is 6.72. The zero-order valence-electron chi connectivity index (χ0n) is 17.1. The SMILES string of the molecule is CCCCCC[C@@H](O)C/C=C\CCCCCCCc1nc2ccccc2[nH]1. The van der Waals surface area contributed by atoms with Crippen LogP contribution in [0.15, 0.2) is 36.4 Å². The summed E-state index contributed by atoms with van der Waals surface area (Å²) in [7, 11) is 0. The Morgan fingerprint density at radius 1 is 0.963 bits per heavy atom. The van der Waals surface area contributed by atoms with Gasteiger partial charge in [0, 0.05) is 6.42 Å². The van der Waals surface area contributed by atoms with Crippen LogP contribution < -0.4 is 0 Å². The minimum atomic E-state index is -0.142. The summed E-state index contributed by atoms with van der Waals surface area (Å²) >= 11 is 0. The molecule has 1 atom stereocenters. The van der Waals surface area contributed by atoms with E-state index in [-0.39, 0.29) is 6.10 Å². The molecule has 0 unspecified atom stereocenters. The molecule has 1 heterocycles. The smallest absolute Gasteiger partial charge is 0.107 e. The molecule has 1 aromatic carbocycles. The van der Waals surface area contributed by atoms with Crippen LogP contribution in [0.2, 0.25) is 0 Å². The number of imidazole rings is 1. The summed E-state index contributed by atoms with van der Waals surface area (Å²) in [6, 6.07) is 8.24. The summed E-state index contributed by atoms with van der Waals surface area (Å²) in [5, 5.41) is 9.93. The Balaban J connectivity index is 1.42. The van der Waals surface area contributed by atoms with Crippen molar-refractivity contribution >= 4 is 11.0 Å². The van der Waals surface area contributed by atoms with E-state index in [4.69, 9.17) is 0 Å². The van der Waals surface area contributed by atoms with Crippen molar-refractivity contribution in [3.05, 3.63) is 42.2 Å². The number of nitrogens with zero attached hydrogens (tertiary/aromatic N) is 1. The number of unbranched alkanes of at least 4 members (excludes halogenated alkanes) is 8. The Bertz CT molecular complexity index is 614. The average Bonchev–Trinajstić information content (AvgIpc) is 3.09. The molecule has 0 amide bonds. The first-order valence-corrected chi connectivity index (χ1v) is 11.1. The van der Waals surface area contributed by atoms with Crippen LogP contribution in [0.3, 0.4) is 0 Å². The van der Waals surface area contributed by atoms with E-state index >= 15 is 0 Å². The second-order valence-electron chi connectivity index (χ2n) is 7.72. The maximum absolute atomic E-state index is 9.93. The summed E-state index contributed by atoms with van der Waals surface area (Å²) in [4.78, 5) is 8.05. The number of allylic oxidation sites excluding steroid dienone is 1. The fourth-order valence-electron chi connectivity index (χ4n) is 3.50. The molecule has 2 N–H and O–H groups in total. The lowest BCUT2D eigenvalue weighted by molar-refractivity contribution is 0.163. The third-order valence-electron chi connectivity index (χ3n) is 5.19. The van der Waals surface area contributed by atoms with Crippen molar-refractivity contribution in [1.29, 1.82) is 0 Å². The van der Waals surface area contributed by atoms with Gasteiger partial charge in [0.1, 0.15) is 5.82 Å². The highest BCUT2D eigenvalue weighted by Crippen LogP contribution is 2.14. The number of aromatic nitrogens is 2. The van der Waals surface area contributed by atoms with E-state index in [1.165, 1.54) is 51.4 Å². The zero-order valence-corrected chi connectivity index (χ0v) is 17.1. The van der Waals surface area contributed by atoms with Crippen molar-refractivity contribution < 1.29 is 5.11 Å². The molecular formula is C24H38N2O. The molecule has 0 aliphatic rings. The van der Waals surface area contributed by atoms with Gasteiger partial charge in [0.2, 0.25) is 0 Å². The molecule has 2 aromatic rings. The van der Waals surface area contributed by atoms with Gasteiger partial charge in [-0.25, -0.2) is 4.98 Å². The summed E-state index contributed by atoms with van der Waals surface area (Å²) in [6.45, 7) is 2.22. The van der Waals surface area contributed by atoms with E-state index in [0.29, 0.717) is 0 Å². The third kappa shape index (κ3) is 9.23. The number of para-hydroxylation sites is 2. The standard InChI is InChI=1S/C24H38N2O/c1-2-3-4-11-16-21(27)17-12-9-7-5-6-8-10-13-20-24-25-22-18-14-15-19-23(22)26-24/h9,12,14-15,18-19,21,27H,2-8,10-11,13,16-17,20H2,1H3,(H,25,26)/b12-9-/t21-/m1/s1. The maximum Gasteiger partial charge on any atom is 0.107 e. The minimum Gasteiger partial charge on any atom is -0.393 e. The van der Waals surface area contributed by atoms with E-state index < -0.39 is 0 Å².